The molecule has 2 aromatic carbocycles. The third kappa shape index (κ3) is 2.72. The van der Waals surface area contributed by atoms with E-state index in [4.69, 9.17) is 4.74 Å². The van der Waals surface area contributed by atoms with Crippen molar-refractivity contribution < 1.29 is 4.74 Å². The second-order valence-electron chi connectivity index (χ2n) is 4.54. The standard InChI is InChI=1S/C17H14NO2/c19-16-10-9-14-7-4-8-15(17(14)18-16)20-12-11-13-5-2-1-3-6-13/h1-7,9-10H,11-12H2,(H,18,19). The molecule has 0 aliphatic heterocycles. The van der Waals surface area contributed by atoms with Crippen LogP contribution in [-0.4, -0.2) is 11.6 Å². The number of ether oxygens (including phenoxy) is 1. The van der Waals surface area contributed by atoms with E-state index in [1.807, 2.05) is 24.3 Å². The second-order valence-corrected chi connectivity index (χ2v) is 4.54. The number of H-pyrrole nitrogens is 1. The maximum Gasteiger partial charge on any atom is 0.248 e. The first-order valence-electron chi connectivity index (χ1n) is 6.53. The molecule has 0 bridgehead atoms. The van der Waals surface area contributed by atoms with Gasteiger partial charge in [0, 0.05) is 23.9 Å². The average molecular weight is 264 g/mol. The summed E-state index contributed by atoms with van der Waals surface area (Å²) in [7, 11) is 0. The fraction of sp³-hybridized carbons (Fsp3) is 0.118. The molecule has 99 valence electrons. The number of hydrogen-bond donors (Lipinski definition) is 1. The molecule has 0 aliphatic rings. The van der Waals surface area contributed by atoms with E-state index >= 15 is 0 Å². The molecule has 0 spiro atoms. The van der Waals surface area contributed by atoms with Crippen LogP contribution in [0.5, 0.6) is 5.75 Å². The molecule has 3 rings (SSSR count). The molecule has 0 amide bonds. The zero-order chi connectivity index (χ0) is 13.8. The molecule has 0 aliphatic carbocycles. The topological polar surface area (TPSA) is 42.1 Å². The van der Waals surface area contributed by atoms with Crippen LogP contribution in [0.3, 0.4) is 0 Å². The van der Waals surface area contributed by atoms with Gasteiger partial charge in [-0.05, 0) is 17.7 Å². The lowest BCUT2D eigenvalue weighted by Gasteiger charge is -2.08. The Kier molecular flexibility index (Phi) is 3.50. The minimum absolute atomic E-state index is 0.134. The van der Waals surface area contributed by atoms with Gasteiger partial charge < -0.3 is 9.72 Å². The molecule has 0 fully saturated rings. The van der Waals surface area contributed by atoms with E-state index in [0.717, 1.165) is 11.8 Å². The number of benzene rings is 2. The minimum atomic E-state index is -0.134. The van der Waals surface area contributed by atoms with Crippen LogP contribution < -0.4 is 10.3 Å². The molecule has 1 aromatic heterocycles. The van der Waals surface area contributed by atoms with Crippen molar-refractivity contribution in [1.82, 2.24) is 4.98 Å². The van der Waals surface area contributed by atoms with Crippen LogP contribution in [0.2, 0.25) is 0 Å². The fourth-order valence-electron chi connectivity index (χ4n) is 2.12. The van der Waals surface area contributed by atoms with E-state index in [2.05, 4.69) is 23.2 Å². The highest BCUT2D eigenvalue weighted by molar-refractivity contribution is 5.83. The predicted molar refractivity (Wildman–Crippen MR) is 79.0 cm³/mol. The highest BCUT2D eigenvalue weighted by Crippen LogP contribution is 2.21. The Balaban J connectivity index is 1.77. The van der Waals surface area contributed by atoms with Crippen molar-refractivity contribution in [1.29, 1.82) is 0 Å². The molecule has 1 radical (unpaired) electrons. The quantitative estimate of drug-likeness (QED) is 0.787. The first-order valence-corrected chi connectivity index (χ1v) is 6.53. The van der Waals surface area contributed by atoms with E-state index in [9.17, 15) is 4.79 Å². The zero-order valence-electron chi connectivity index (χ0n) is 10.9. The van der Waals surface area contributed by atoms with E-state index in [-0.39, 0.29) is 5.56 Å². The first-order chi connectivity index (χ1) is 9.83. The van der Waals surface area contributed by atoms with Crippen LogP contribution in [-0.2, 0) is 6.42 Å². The lowest BCUT2D eigenvalue weighted by Crippen LogP contribution is -2.06. The molecule has 0 unspecified atom stereocenters. The molecule has 1 N–H and O–H groups in total. The Morgan fingerprint density at radius 2 is 1.90 bits per heavy atom. The van der Waals surface area contributed by atoms with Crippen LogP contribution in [0.25, 0.3) is 10.9 Å². The Bertz CT molecular complexity index is 763. The zero-order valence-corrected chi connectivity index (χ0v) is 10.9. The number of rotatable bonds is 4. The van der Waals surface area contributed by atoms with E-state index in [0.29, 0.717) is 17.9 Å². The third-order valence-corrected chi connectivity index (χ3v) is 3.14. The van der Waals surface area contributed by atoms with Gasteiger partial charge in [-0.3, -0.25) is 4.79 Å². The SMILES string of the molecule is O=c1ccc2cc[c]c(OCCc3ccccc3)c2[nH]1. The van der Waals surface area contributed by atoms with Gasteiger partial charge in [-0.25, -0.2) is 0 Å². The number of hydrogen-bond acceptors (Lipinski definition) is 2. The van der Waals surface area contributed by atoms with Crippen molar-refractivity contribution >= 4 is 10.9 Å². The van der Waals surface area contributed by atoms with Crippen LogP contribution >= 0.6 is 0 Å². The van der Waals surface area contributed by atoms with Crippen molar-refractivity contribution in [3.05, 3.63) is 76.6 Å². The highest BCUT2D eigenvalue weighted by Gasteiger charge is 2.03. The van der Waals surface area contributed by atoms with Gasteiger partial charge in [0.15, 0.2) is 5.75 Å². The Labute approximate surface area is 116 Å². The maximum absolute atomic E-state index is 11.4. The highest BCUT2D eigenvalue weighted by atomic mass is 16.5. The molecule has 1 heterocycles. The van der Waals surface area contributed by atoms with E-state index in [1.165, 1.54) is 11.6 Å². The Morgan fingerprint density at radius 1 is 1.05 bits per heavy atom. The van der Waals surface area contributed by atoms with E-state index < -0.39 is 0 Å². The summed E-state index contributed by atoms with van der Waals surface area (Å²) in [6.07, 6.45) is 0.822. The number of pyridine rings is 1. The first kappa shape index (κ1) is 12.5. The van der Waals surface area contributed by atoms with Gasteiger partial charge >= 0.3 is 0 Å². The molecular formula is C17H14NO2. The lowest BCUT2D eigenvalue weighted by molar-refractivity contribution is 0.324. The van der Waals surface area contributed by atoms with Crippen LogP contribution in [0.1, 0.15) is 5.56 Å². The van der Waals surface area contributed by atoms with Gasteiger partial charge in [0.2, 0.25) is 5.56 Å². The molecule has 0 saturated carbocycles. The average Bonchev–Trinajstić information content (AvgIpc) is 2.49. The van der Waals surface area contributed by atoms with Crippen LogP contribution in [0, 0.1) is 6.07 Å². The van der Waals surface area contributed by atoms with Crippen molar-refractivity contribution in [3.63, 3.8) is 0 Å². The largest absolute Gasteiger partial charge is 0.490 e. The summed E-state index contributed by atoms with van der Waals surface area (Å²) in [5.41, 5.74) is 1.79. The maximum atomic E-state index is 11.4. The molecule has 20 heavy (non-hydrogen) atoms. The monoisotopic (exact) mass is 264 g/mol. The van der Waals surface area contributed by atoms with Gasteiger partial charge in [0.05, 0.1) is 12.1 Å². The van der Waals surface area contributed by atoms with Gasteiger partial charge in [-0.1, -0.05) is 36.4 Å². The van der Waals surface area contributed by atoms with Gasteiger partial charge in [0.1, 0.15) is 0 Å². The summed E-state index contributed by atoms with van der Waals surface area (Å²) in [5, 5.41) is 0.943. The summed E-state index contributed by atoms with van der Waals surface area (Å²) >= 11 is 0. The van der Waals surface area contributed by atoms with Crippen LogP contribution in [0.4, 0.5) is 0 Å². The van der Waals surface area contributed by atoms with Crippen molar-refractivity contribution in [2.45, 2.75) is 6.42 Å². The summed E-state index contributed by atoms with van der Waals surface area (Å²) in [5.74, 6) is 0.594. The summed E-state index contributed by atoms with van der Waals surface area (Å²) in [6.45, 7) is 0.552. The lowest BCUT2D eigenvalue weighted by atomic mass is 10.2. The van der Waals surface area contributed by atoms with Gasteiger partial charge in [-0.2, -0.15) is 0 Å². The molecule has 3 aromatic rings. The smallest absolute Gasteiger partial charge is 0.248 e. The number of fused-ring (bicyclic) bond motifs is 1. The normalized spacial score (nSPS) is 10.6. The third-order valence-electron chi connectivity index (χ3n) is 3.14. The number of aromatic amines is 1. The minimum Gasteiger partial charge on any atom is -0.490 e. The molecule has 0 atom stereocenters. The van der Waals surface area contributed by atoms with Gasteiger partial charge in [-0.15, -0.1) is 0 Å². The van der Waals surface area contributed by atoms with Crippen molar-refractivity contribution in [3.8, 4) is 5.75 Å². The summed E-state index contributed by atoms with van der Waals surface area (Å²) in [6, 6.07) is 20.2. The Morgan fingerprint density at radius 3 is 2.75 bits per heavy atom. The Hall–Kier alpha value is -2.55. The van der Waals surface area contributed by atoms with Crippen molar-refractivity contribution in [2.24, 2.45) is 0 Å². The van der Waals surface area contributed by atoms with E-state index in [1.54, 1.807) is 12.1 Å². The second kappa shape index (κ2) is 5.61. The van der Waals surface area contributed by atoms with Crippen LogP contribution in [0.15, 0.2) is 59.4 Å². The molecule has 0 saturated heterocycles. The fourth-order valence-corrected chi connectivity index (χ4v) is 2.12. The molecular weight excluding hydrogens is 250 g/mol. The molecule has 3 nitrogen and oxygen atoms in total. The summed E-state index contributed by atoms with van der Waals surface area (Å²) in [4.78, 5) is 14.2. The number of nitrogens with one attached hydrogen (secondary N) is 1. The van der Waals surface area contributed by atoms with Gasteiger partial charge in [0.25, 0.3) is 0 Å². The summed E-state index contributed by atoms with van der Waals surface area (Å²) < 4.78 is 5.75. The predicted octanol–water partition coefficient (Wildman–Crippen LogP) is 2.95. The molecule has 3 heteroatoms. The van der Waals surface area contributed by atoms with Crippen molar-refractivity contribution in [2.75, 3.05) is 6.61 Å². The number of aromatic nitrogens is 1.